The molecule has 0 saturated carbocycles. The number of hydrogen-bond donors (Lipinski definition) is 1. The molecular weight excluding hydrogens is 128 g/mol. The lowest BCUT2D eigenvalue weighted by Crippen LogP contribution is -2.23. The lowest BCUT2D eigenvalue weighted by molar-refractivity contribution is -0.000377. The molecule has 0 saturated heterocycles. The zero-order chi connectivity index (χ0) is 7.98. The predicted octanol–water partition coefficient (Wildman–Crippen LogP) is 1.21. The zero-order valence-electron chi connectivity index (χ0n) is 6.71. The van der Waals surface area contributed by atoms with Gasteiger partial charge in [0.25, 0.3) is 0 Å². The van der Waals surface area contributed by atoms with E-state index in [1.807, 2.05) is 13.8 Å². The van der Waals surface area contributed by atoms with Crippen LogP contribution in [0.4, 0.5) is 0 Å². The highest BCUT2D eigenvalue weighted by molar-refractivity contribution is 4.68. The van der Waals surface area contributed by atoms with Gasteiger partial charge >= 0.3 is 0 Å². The molecule has 0 bridgehead atoms. The molecule has 1 N–H and O–H groups in total. The second-order valence-corrected chi connectivity index (χ2v) is 2.59. The van der Waals surface area contributed by atoms with Gasteiger partial charge in [-0.15, -0.1) is 6.58 Å². The monoisotopic (exact) mass is 144 g/mol. The van der Waals surface area contributed by atoms with E-state index < -0.39 is 0 Å². The Balaban J connectivity index is 3.49. The Morgan fingerprint density at radius 3 is 2.50 bits per heavy atom. The fraction of sp³-hybridized carbons (Fsp3) is 0.750. The number of aliphatic hydroxyl groups excluding tert-OH is 1. The fourth-order valence-corrected chi connectivity index (χ4v) is 0.648. The first-order valence-electron chi connectivity index (χ1n) is 3.55. The van der Waals surface area contributed by atoms with Gasteiger partial charge in [0.2, 0.25) is 0 Å². The molecule has 0 spiro atoms. The van der Waals surface area contributed by atoms with Gasteiger partial charge in [-0.3, -0.25) is 0 Å². The van der Waals surface area contributed by atoms with Gasteiger partial charge in [-0.05, 0) is 5.92 Å². The Labute approximate surface area is 62.5 Å². The average molecular weight is 144 g/mol. The molecule has 0 fully saturated rings. The van der Waals surface area contributed by atoms with Gasteiger partial charge in [0.05, 0.1) is 19.3 Å². The van der Waals surface area contributed by atoms with Crippen molar-refractivity contribution in [2.75, 3.05) is 13.2 Å². The summed E-state index contributed by atoms with van der Waals surface area (Å²) in [5.74, 6) is 0.366. The topological polar surface area (TPSA) is 29.5 Å². The van der Waals surface area contributed by atoms with E-state index in [9.17, 15) is 0 Å². The molecule has 0 aliphatic heterocycles. The van der Waals surface area contributed by atoms with Crippen LogP contribution in [0.3, 0.4) is 0 Å². The summed E-state index contributed by atoms with van der Waals surface area (Å²) < 4.78 is 5.23. The van der Waals surface area contributed by atoms with Crippen molar-refractivity contribution in [3.05, 3.63) is 12.7 Å². The van der Waals surface area contributed by atoms with E-state index in [1.54, 1.807) is 6.08 Å². The van der Waals surface area contributed by atoms with Crippen molar-refractivity contribution >= 4 is 0 Å². The van der Waals surface area contributed by atoms with Crippen LogP contribution in [0.5, 0.6) is 0 Å². The largest absolute Gasteiger partial charge is 0.394 e. The van der Waals surface area contributed by atoms with Crippen molar-refractivity contribution in [2.24, 2.45) is 5.92 Å². The van der Waals surface area contributed by atoms with E-state index in [0.29, 0.717) is 12.5 Å². The summed E-state index contributed by atoms with van der Waals surface area (Å²) in [5.41, 5.74) is 0. The highest BCUT2D eigenvalue weighted by atomic mass is 16.5. The fourth-order valence-electron chi connectivity index (χ4n) is 0.648. The van der Waals surface area contributed by atoms with Crippen molar-refractivity contribution < 1.29 is 9.84 Å². The van der Waals surface area contributed by atoms with Crippen LogP contribution >= 0.6 is 0 Å². The minimum Gasteiger partial charge on any atom is -0.394 e. The predicted molar refractivity (Wildman–Crippen MR) is 41.9 cm³/mol. The minimum absolute atomic E-state index is 0.0435. The molecule has 1 unspecified atom stereocenters. The molecule has 60 valence electrons. The van der Waals surface area contributed by atoms with Crippen molar-refractivity contribution in [2.45, 2.75) is 20.0 Å². The molecule has 0 aromatic rings. The van der Waals surface area contributed by atoms with Crippen LogP contribution in [-0.4, -0.2) is 24.4 Å². The summed E-state index contributed by atoms with van der Waals surface area (Å²) in [6.45, 7) is 8.16. The quantitative estimate of drug-likeness (QED) is 0.588. The number of ether oxygens (including phenoxy) is 1. The third-order valence-corrected chi connectivity index (χ3v) is 1.35. The third kappa shape index (κ3) is 3.64. The Bertz CT molecular complexity index is 89.3. The van der Waals surface area contributed by atoms with E-state index in [0.717, 1.165) is 0 Å². The maximum atomic E-state index is 8.76. The summed E-state index contributed by atoms with van der Waals surface area (Å²) in [6, 6.07) is 0. The normalized spacial score (nSPS) is 13.6. The molecule has 0 aromatic carbocycles. The highest BCUT2D eigenvalue weighted by Gasteiger charge is 2.10. The van der Waals surface area contributed by atoms with Crippen LogP contribution in [0.2, 0.25) is 0 Å². The SMILES string of the molecule is C=CCOC(CO)C(C)C. The van der Waals surface area contributed by atoms with Crippen molar-refractivity contribution in [3.8, 4) is 0 Å². The van der Waals surface area contributed by atoms with Crippen LogP contribution in [0.1, 0.15) is 13.8 Å². The van der Waals surface area contributed by atoms with E-state index in [4.69, 9.17) is 9.84 Å². The van der Waals surface area contributed by atoms with Gasteiger partial charge in [0.15, 0.2) is 0 Å². The summed E-state index contributed by atoms with van der Waals surface area (Å²) >= 11 is 0. The molecule has 0 amide bonds. The summed E-state index contributed by atoms with van der Waals surface area (Å²) in [7, 11) is 0. The Kier molecular flexibility index (Phi) is 5.26. The first-order valence-corrected chi connectivity index (χ1v) is 3.55. The molecule has 0 aliphatic carbocycles. The average Bonchev–Trinajstić information content (AvgIpc) is 1.89. The molecule has 0 heterocycles. The van der Waals surface area contributed by atoms with E-state index in [1.165, 1.54) is 0 Å². The molecule has 10 heavy (non-hydrogen) atoms. The van der Waals surface area contributed by atoms with Gasteiger partial charge in [0, 0.05) is 0 Å². The van der Waals surface area contributed by atoms with Crippen LogP contribution in [0, 0.1) is 5.92 Å². The van der Waals surface area contributed by atoms with Crippen molar-refractivity contribution in [1.29, 1.82) is 0 Å². The van der Waals surface area contributed by atoms with Gasteiger partial charge < -0.3 is 9.84 Å². The lowest BCUT2D eigenvalue weighted by Gasteiger charge is -2.17. The smallest absolute Gasteiger partial charge is 0.0832 e. The lowest BCUT2D eigenvalue weighted by atomic mass is 10.1. The van der Waals surface area contributed by atoms with E-state index in [2.05, 4.69) is 6.58 Å². The molecule has 0 aromatic heterocycles. The van der Waals surface area contributed by atoms with Crippen LogP contribution in [0.15, 0.2) is 12.7 Å². The van der Waals surface area contributed by atoms with E-state index >= 15 is 0 Å². The summed E-state index contributed by atoms with van der Waals surface area (Å²) in [6.07, 6.45) is 1.64. The van der Waals surface area contributed by atoms with Gasteiger partial charge in [-0.25, -0.2) is 0 Å². The van der Waals surface area contributed by atoms with Gasteiger partial charge in [0.1, 0.15) is 0 Å². The van der Waals surface area contributed by atoms with E-state index in [-0.39, 0.29) is 12.7 Å². The Morgan fingerprint density at radius 2 is 2.20 bits per heavy atom. The number of hydrogen-bond acceptors (Lipinski definition) is 2. The Hall–Kier alpha value is -0.340. The molecule has 2 nitrogen and oxygen atoms in total. The Morgan fingerprint density at radius 1 is 1.60 bits per heavy atom. The third-order valence-electron chi connectivity index (χ3n) is 1.35. The second-order valence-electron chi connectivity index (χ2n) is 2.59. The molecule has 0 rings (SSSR count). The van der Waals surface area contributed by atoms with Crippen molar-refractivity contribution in [3.63, 3.8) is 0 Å². The first-order chi connectivity index (χ1) is 4.72. The number of aliphatic hydroxyl groups is 1. The first kappa shape index (κ1) is 9.66. The number of rotatable bonds is 5. The second kappa shape index (κ2) is 5.45. The van der Waals surface area contributed by atoms with Crippen LogP contribution < -0.4 is 0 Å². The minimum atomic E-state index is -0.0435. The maximum absolute atomic E-state index is 8.76. The standard InChI is InChI=1S/C8H16O2/c1-4-5-10-8(6-9)7(2)3/h4,7-9H,1,5-6H2,2-3H3. The van der Waals surface area contributed by atoms with Crippen LogP contribution in [-0.2, 0) is 4.74 Å². The zero-order valence-corrected chi connectivity index (χ0v) is 6.71. The van der Waals surface area contributed by atoms with Gasteiger partial charge in [-0.1, -0.05) is 19.9 Å². The molecule has 0 radical (unpaired) electrons. The molecule has 0 aliphatic rings. The maximum Gasteiger partial charge on any atom is 0.0832 e. The summed E-state index contributed by atoms with van der Waals surface area (Å²) in [4.78, 5) is 0. The van der Waals surface area contributed by atoms with Crippen LogP contribution in [0.25, 0.3) is 0 Å². The van der Waals surface area contributed by atoms with Crippen molar-refractivity contribution in [1.82, 2.24) is 0 Å². The molecule has 2 heteroatoms. The van der Waals surface area contributed by atoms with Gasteiger partial charge in [-0.2, -0.15) is 0 Å². The summed E-state index contributed by atoms with van der Waals surface area (Å²) in [5, 5.41) is 8.76. The molecular formula is C8H16O2. The highest BCUT2D eigenvalue weighted by Crippen LogP contribution is 2.04. The molecule has 1 atom stereocenters.